The number of rotatable bonds is 4. The molecule has 1 amide bonds. The Labute approximate surface area is 130 Å². The molecule has 0 radical (unpaired) electrons. The largest absolute Gasteiger partial charge is 0.351 e. The molecule has 2 rings (SSSR count). The molecule has 1 fully saturated rings. The molecule has 20 heavy (non-hydrogen) atoms. The molecule has 0 saturated carbocycles. The lowest BCUT2D eigenvalue weighted by Crippen LogP contribution is -2.33. The van der Waals surface area contributed by atoms with E-state index >= 15 is 0 Å². The second kappa shape index (κ2) is 7.19. The monoisotopic (exact) mass is 332 g/mol. The number of nitro benzene ring substituents is 1. The number of carbonyl (C=O) groups is 1. The minimum atomic E-state index is -0.591. The molecule has 8 heteroatoms. The minimum absolute atomic E-state index is 0.0489. The van der Waals surface area contributed by atoms with E-state index in [0.717, 1.165) is 17.3 Å². The van der Waals surface area contributed by atoms with Gasteiger partial charge in [0.05, 0.1) is 4.92 Å². The molecule has 0 aromatic heterocycles. The van der Waals surface area contributed by atoms with Crippen LogP contribution in [0, 0.1) is 10.1 Å². The lowest BCUT2D eigenvalue weighted by molar-refractivity contribution is -0.385. The number of nitrogens with zero attached hydrogens (tertiary/aromatic N) is 1. The number of nitrogens with one attached hydrogen (secondary N) is 1. The number of hydrogen-bond acceptors (Lipinski definition) is 5. The summed E-state index contributed by atoms with van der Waals surface area (Å²) < 4.78 is 0. The van der Waals surface area contributed by atoms with Crippen LogP contribution in [0.25, 0.3) is 0 Å². The van der Waals surface area contributed by atoms with Crippen LogP contribution in [0.1, 0.15) is 10.4 Å². The predicted octanol–water partition coefficient (Wildman–Crippen LogP) is 2.83. The van der Waals surface area contributed by atoms with Gasteiger partial charge >= 0.3 is 0 Å². The summed E-state index contributed by atoms with van der Waals surface area (Å²) in [5.74, 6) is 2.78. The van der Waals surface area contributed by atoms with Crippen LogP contribution in [0.5, 0.6) is 0 Å². The highest BCUT2D eigenvalue weighted by Gasteiger charge is 2.22. The van der Waals surface area contributed by atoms with Crippen molar-refractivity contribution < 1.29 is 9.72 Å². The first-order valence-corrected chi connectivity index (χ1v) is 8.57. The number of carbonyl (C=O) groups excluding carboxylic acids is 1. The Bertz CT molecular complexity index is 521. The summed E-state index contributed by atoms with van der Waals surface area (Å²) in [7, 11) is 0. The summed E-state index contributed by atoms with van der Waals surface area (Å²) in [5, 5.41) is 14.3. The molecule has 1 saturated heterocycles. The van der Waals surface area contributed by atoms with E-state index in [1.807, 2.05) is 23.5 Å². The van der Waals surface area contributed by atoms with E-state index in [4.69, 9.17) is 11.6 Å². The van der Waals surface area contributed by atoms with E-state index in [9.17, 15) is 14.9 Å². The quantitative estimate of drug-likeness (QED) is 0.678. The maximum atomic E-state index is 12.0. The molecule has 1 aliphatic rings. The molecule has 1 aromatic carbocycles. The number of benzene rings is 1. The molecule has 1 N–H and O–H groups in total. The Morgan fingerprint density at radius 1 is 1.50 bits per heavy atom. The molecular formula is C12H13ClN2O3S2. The summed E-state index contributed by atoms with van der Waals surface area (Å²) in [6, 6.07) is 4.06. The van der Waals surface area contributed by atoms with Crippen LogP contribution in [-0.2, 0) is 0 Å². The summed E-state index contributed by atoms with van der Waals surface area (Å²) in [4.78, 5) is 22.4. The molecule has 1 atom stereocenters. The molecule has 1 aliphatic heterocycles. The summed E-state index contributed by atoms with van der Waals surface area (Å²) in [6.07, 6.45) is 0. The lowest BCUT2D eigenvalue weighted by Gasteiger charge is -2.21. The van der Waals surface area contributed by atoms with Crippen LogP contribution >= 0.6 is 35.1 Å². The number of nitro groups is 1. The van der Waals surface area contributed by atoms with E-state index < -0.39 is 10.8 Å². The lowest BCUT2D eigenvalue weighted by atomic mass is 10.1. The van der Waals surface area contributed by atoms with Gasteiger partial charge in [0.15, 0.2) is 0 Å². The van der Waals surface area contributed by atoms with Crippen LogP contribution in [0.15, 0.2) is 18.2 Å². The van der Waals surface area contributed by atoms with Crippen molar-refractivity contribution in [1.29, 1.82) is 0 Å². The van der Waals surface area contributed by atoms with Crippen molar-refractivity contribution in [3.05, 3.63) is 38.9 Å². The summed E-state index contributed by atoms with van der Waals surface area (Å²) in [6.45, 7) is 0.524. The number of hydrogen-bond donors (Lipinski definition) is 1. The Morgan fingerprint density at radius 3 is 2.95 bits per heavy atom. The molecular weight excluding hydrogens is 320 g/mol. The summed E-state index contributed by atoms with van der Waals surface area (Å²) in [5.41, 5.74) is -0.214. The molecule has 0 spiro atoms. The van der Waals surface area contributed by atoms with Crippen LogP contribution in [-0.4, -0.2) is 39.9 Å². The van der Waals surface area contributed by atoms with Gasteiger partial charge in [-0.3, -0.25) is 14.9 Å². The van der Waals surface area contributed by atoms with Gasteiger partial charge in [0.1, 0.15) is 5.56 Å². The second-order valence-electron chi connectivity index (χ2n) is 4.20. The van der Waals surface area contributed by atoms with Crippen molar-refractivity contribution in [1.82, 2.24) is 5.32 Å². The van der Waals surface area contributed by atoms with Crippen LogP contribution in [0.4, 0.5) is 5.69 Å². The highest BCUT2D eigenvalue weighted by atomic mass is 35.5. The Kier molecular flexibility index (Phi) is 5.56. The molecule has 1 unspecified atom stereocenters. The van der Waals surface area contributed by atoms with E-state index in [1.54, 1.807) is 0 Å². The van der Waals surface area contributed by atoms with Gasteiger partial charge in [-0.2, -0.15) is 23.5 Å². The highest BCUT2D eigenvalue weighted by molar-refractivity contribution is 8.06. The number of amides is 1. The standard InChI is InChI=1S/C12H13ClN2O3S2/c13-8-1-2-10(11(5-8)15(17)18)12(16)14-6-9-7-19-3-4-20-9/h1-2,5,9H,3-4,6-7H2,(H,14,16). The summed E-state index contributed by atoms with van der Waals surface area (Å²) >= 11 is 9.41. The van der Waals surface area contributed by atoms with Crippen LogP contribution in [0.2, 0.25) is 5.02 Å². The first-order chi connectivity index (χ1) is 9.58. The van der Waals surface area contributed by atoms with Gasteiger partial charge in [0.25, 0.3) is 11.6 Å². The Hall–Kier alpha value is -0.920. The van der Waals surface area contributed by atoms with Gasteiger partial charge in [-0.15, -0.1) is 0 Å². The highest BCUT2D eigenvalue weighted by Crippen LogP contribution is 2.25. The topological polar surface area (TPSA) is 72.2 Å². The average Bonchev–Trinajstić information content (AvgIpc) is 2.45. The molecule has 1 aromatic rings. The van der Waals surface area contributed by atoms with Gasteiger partial charge in [0.2, 0.25) is 0 Å². The average molecular weight is 333 g/mol. The molecule has 1 heterocycles. The van der Waals surface area contributed by atoms with Crippen molar-refractivity contribution in [3.63, 3.8) is 0 Å². The van der Waals surface area contributed by atoms with E-state index in [-0.39, 0.29) is 16.3 Å². The third-order valence-electron chi connectivity index (χ3n) is 2.78. The van der Waals surface area contributed by atoms with Gasteiger partial charge < -0.3 is 5.32 Å². The molecule has 5 nitrogen and oxygen atoms in total. The van der Waals surface area contributed by atoms with E-state index in [1.165, 1.54) is 18.2 Å². The fraction of sp³-hybridized carbons (Fsp3) is 0.417. The number of halogens is 1. The first kappa shape index (κ1) is 15.5. The van der Waals surface area contributed by atoms with Gasteiger partial charge in [-0.1, -0.05) is 11.6 Å². The fourth-order valence-electron chi connectivity index (χ4n) is 1.80. The van der Waals surface area contributed by atoms with E-state index in [0.29, 0.717) is 11.8 Å². The van der Waals surface area contributed by atoms with Crippen molar-refractivity contribution in [2.45, 2.75) is 5.25 Å². The van der Waals surface area contributed by atoms with Crippen molar-refractivity contribution in [2.75, 3.05) is 23.8 Å². The maximum Gasteiger partial charge on any atom is 0.283 e. The van der Waals surface area contributed by atoms with Crippen molar-refractivity contribution in [2.24, 2.45) is 0 Å². The normalized spacial score (nSPS) is 18.6. The third-order valence-corrected chi connectivity index (χ3v) is 5.86. The van der Waals surface area contributed by atoms with Crippen LogP contribution < -0.4 is 5.32 Å². The fourth-order valence-corrected chi connectivity index (χ4v) is 4.58. The molecule has 0 aliphatic carbocycles. The Balaban J connectivity index is 2.03. The third kappa shape index (κ3) is 4.04. The number of thioether (sulfide) groups is 2. The molecule has 108 valence electrons. The maximum absolute atomic E-state index is 12.0. The van der Waals surface area contributed by atoms with Crippen LogP contribution in [0.3, 0.4) is 0 Å². The second-order valence-corrected chi connectivity index (χ2v) is 7.19. The molecule has 0 bridgehead atoms. The zero-order chi connectivity index (χ0) is 14.5. The van der Waals surface area contributed by atoms with Gasteiger partial charge in [-0.05, 0) is 12.1 Å². The van der Waals surface area contributed by atoms with Crippen molar-refractivity contribution >= 4 is 46.7 Å². The van der Waals surface area contributed by atoms with E-state index in [2.05, 4.69) is 5.32 Å². The zero-order valence-electron chi connectivity index (χ0n) is 10.5. The first-order valence-electron chi connectivity index (χ1n) is 5.99. The Morgan fingerprint density at radius 2 is 2.30 bits per heavy atom. The van der Waals surface area contributed by atoms with Crippen molar-refractivity contribution in [3.8, 4) is 0 Å². The zero-order valence-corrected chi connectivity index (χ0v) is 12.9. The van der Waals surface area contributed by atoms with Gasteiger partial charge in [0, 0.05) is 40.1 Å². The minimum Gasteiger partial charge on any atom is -0.351 e. The SMILES string of the molecule is O=C(NCC1CSCCS1)c1ccc(Cl)cc1[N+](=O)[O-]. The smallest absolute Gasteiger partial charge is 0.283 e. The van der Waals surface area contributed by atoms with Gasteiger partial charge in [-0.25, -0.2) is 0 Å². The predicted molar refractivity (Wildman–Crippen MR) is 84.0 cm³/mol.